The zero-order valence-corrected chi connectivity index (χ0v) is 17.5. The van der Waals surface area contributed by atoms with Crippen LogP contribution in [0.4, 0.5) is 4.79 Å². The van der Waals surface area contributed by atoms with Crippen molar-refractivity contribution in [3.05, 3.63) is 29.8 Å². The van der Waals surface area contributed by atoms with Gasteiger partial charge in [0.15, 0.2) is 0 Å². The van der Waals surface area contributed by atoms with E-state index in [1.807, 2.05) is 0 Å². The first-order valence-electron chi connectivity index (χ1n) is 7.22. The number of alkyl carbamates (subject to hydrolysis) is 1. The van der Waals surface area contributed by atoms with Gasteiger partial charge in [0.2, 0.25) is 0 Å². The van der Waals surface area contributed by atoms with E-state index in [1.165, 1.54) is 12.3 Å². The molecule has 0 radical (unpaired) electrons. The molecular formula is C16H23MoN3O7-6. The maximum atomic E-state index is 11.4. The molecule has 1 aromatic carbocycles. The molecule has 0 aliphatic heterocycles. The summed E-state index contributed by atoms with van der Waals surface area (Å²) in [6.45, 7) is 5.34. The van der Waals surface area contributed by atoms with Gasteiger partial charge in [0.05, 0.1) is 6.21 Å². The number of hydrogen-bond donors (Lipinski definition) is 2. The maximum Gasteiger partial charge on any atom is 0.407 e. The van der Waals surface area contributed by atoms with Gasteiger partial charge in [0.1, 0.15) is 5.60 Å². The second kappa shape index (κ2) is 17.4. The molecule has 0 aromatic heterocycles. The molecule has 0 aliphatic carbocycles. The van der Waals surface area contributed by atoms with Gasteiger partial charge in [-0.05, 0) is 38.7 Å². The van der Waals surface area contributed by atoms with E-state index < -0.39 is 17.6 Å². The van der Waals surface area contributed by atoms with Crippen LogP contribution in [0, 0.1) is 0 Å². The summed E-state index contributed by atoms with van der Waals surface area (Å²) in [5, 5.41) is 39.3. The number of aliphatic hydroxyl groups excluding tert-OH is 1. The molecule has 0 aliphatic rings. The fraction of sp³-hybridized carbons (Fsp3) is 0.438. The minimum absolute atomic E-state index is 0. The summed E-state index contributed by atoms with van der Waals surface area (Å²) < 4.78 is 5.02. The Bertz CT molecular complexity index is 575. The average Bonchev–Trinajstić information content (AvgIpc) is 2.49. The number of para-hydroxylation sites is 1. The van der Waals surface area contributed by atoms with Gasteiger partial charge in [-0.1, -0.05) is 30.0 Å². The molecule has 0 spiro atoms. The van der Waals surface area contributed by atoms with Gasteiger partial charge in [0.25, 0.3) is 0 Å². The molecule has 156 valence electrons. The molecule has 0 heterocycles. The Balaban J connectivity index is -0.000000511. The van der Waals surface area contributed by atoms with Crippen LogP contribution in [0.3, 0.4) is 0 Å². The fourth-order valence-electron chi connectivity index (χ4n) is 1.38. The van der Waals surface area contributed by atoms with Crippen LogP contribution in [-0.4, -0.2) is 42.6 Å². The Morgan fingerprint density at radius 2 is 1.81 bits per heavy atom. The molecule has 11 heteroatoms. The molecule has 0 saturated carbocycles. The molecule has 0 bridgehead atoms. The average molecular weight is 465 g/mol. The van der Waals surface area contributed by atoms with E-state index in [1.54, 1.807) is 39.0 Å². The first kappa shape index (κ1) is 32.7. The molecule has 0 saturated heterocycles. The Kier molecular flexibility index (Phi) is 21.1. The number of nitrogens with one attached hydrogen (secondary N) is 1. The van der Waals surface area contributed by atoms with E-state index in [4.69, 9.17) is 9.84 Å². The molecule has 0 fully saturated rings. The number of ether oxygens (including phenoxy) is 1. The second-order valence-corrected chi connectivity index (χ2v) is 5.45. The predicted molar refractivity (Wildman–Crippen MR) is 89.3 cm³/mol. The molecule has 0 unspecified atom stereocenters. The van der Waals surface area contributed by atoms with Crippen LogP contribution < -0.4 is 15.5 Å². The molecule has 2 N–H and O–H groups in total. The largest absolute Gasteiger partial charge is 2.00 e. The summed E-state index contributed by atoms with van der Waals surface area (Å²) in [4.78, 5) is 11.3. The second-order valence-electron chi connectivity index (χ2n) is 5.45. The molecule has 1 rings (SSSR count). The van der Waals surface area contributed by atoms with Crippen molar-refractivity contribution >= 4 is 18.2 Å². The van der Waals surface area contributed by atoms with Crippen LogP contribution in [0.15, 0.2) is 34.5 Å². The smallest absolute Gasteiger partial charge is 0.407 e. The third-order valence-electron chi connectivity index (χ3n) is 2.29. The number of rotatable bonds is 5. The minimum Gasteiger partial charge on any atom is -2.00 e. The molecule has 1 aromatic rings. The first-order valence-corrected chi connectivity index (χ1v) is 7.22. The number of nitrogens with zero attached hydrogens (tertiary/aromatic N) is 2. The van der Waals surface area contributed by atoms with E-state index in [0.29, 0.717) is 5.56 Å². The van der Waals surface area contributed by atoms with E-state index in [9.17, 15) is 15.0 Å². The first-order chi connectivity index (χ1) is 11.3. The monoisotopic (exact) mass is 467 g/mol. The number of aliphatic hydroxyl groups is 1. The molecule has 10 nitrogen and oxygen atoms in total. The third kappa shape index (κ3) is 17.2. The van der Waals surface area contributed by atoms with Gasteiger partial charge in [0, 0.05) is 34.7 Å². The zero-order valence-electron chi connectivity index (χ0n) is 15.5. The van der Waals surface area contributed by atoms with Gasteiger partial charge < -0.3 is 36.3 Å². The van der Waals surface area contributed by atoms with Crippen LogP contribution in [0.5, 0.6) is 5.75 Å². The zero-order chi connectivity index (χ0) is 18.6. The Morgan fingerprint density at radius 1 is 1.26 bits per heavy atom. The number of amides is 1. The van der Waals surface area contributed by atoms with Crippen molar-refractivity contribution in [2.24, 2.45) is 10.2 Å². The minimum atomic E-state index is -0.593. The summed E-state index contributed by atoms with van der Waals surface area (Å²) in [5.74, 6) is -0.698. The van der Waals surface area contributed by atoms with E-state index in [0.717, 1.165) is 7.11 Å². The van der Waals surface area contributed by atoms with Crippen molar-refractivity contribution in [2.45, 2.75) is 32.8 Å². The fourth-order valence-corrected chi connectivity index (χ4v) is 1.38. The summed E-state index contributed by atoms with van der Waals surface area (Å²) in [7, 11) is 1.00. The van der Waals surface area contributed by atoms with E-state index in [-0.39, 0.29) is 50.7 Å². The Hall–Kier alpha value is -2.00. The van der Waals surface area contributed by atoms with Crippen molar-refractivity contribution in [1.29, 1.82) is 0 Å². The third-order valence-corrected chi connectivity index (χ3v) is 2.29. The van der Waals surface area contributed by atoms with Crippen LogP contribution in [0.2, 0.25) is 0 Å². The molecular weight excluding hydrogens is 442 g/mol. The number of carbonyl (C=O) groups is 1. The van der Waals surface area contributed by atoms with Gasteiger partial charge in [-0.25, -0.2) is 4.79 Å². The quantitative estimate of drug-likeness (QED) is 0.270. The van der Waals surface area contributed by atoms with E-state index in [2.05, 4.69) is 15.5 Å². The predicted octanol–water partition coefficient (Wildman–Crippen LogP) is 0.136. The topological polar surface area (TPSA) is 186 Å². The SMILES string of the molecule is CC(C)(C)OC(=O)NCC/C([O-])=N/N=C/c1ccccc1[O-].CO.[Mo].[O-2].[O-2]. The molecule has 1 amide bonds. The van der Waals surface area contributed by atoms with Crippen LogP contribution in [-0.2, 0) is 36.8 Å². The van der Waals surface area contributed by atoms with Crippen LogP contribution in [0.25, 0.3) is 0 Å². The van der Waals surface area contributed by atoms with E-state index >= 15 is 0 Å². The van der Waals surface area contributed by atoms with Crippen LogP contribution in [0.1, 0.15) is 32.8 Å². The number of carbonyl (C=O) groups excluding carboxylic acids is 1. The van der Waals surface area contributed by atoms with Gasteiger partial charge >= 0.3 is 6.09 Å². The normalized spacial score (nSPS) is 10.3. The Labute approximate surface area is 172 Å². The van der Waals surface area contributed by atoms with Gasteiger partial charge in [-0.2, -0.15) is 10.2 Å². The number of benzene rings is 1. The summed E-state index contributed by atoms with van der Waals surface area (Å²) >= 11 is 0. The number of hydrogen-bond acceptors (Lipinski definition) is 7. The summed E-state index contributed by atoms with van der Waals surface area (Å²) in [6, 6.07) is 6.28. The van der Waals surface area contributed by atoms with Crippen molar-refractivity contribution in [3.8, 4) is 5.75 Å². The van der Waals surface area contributed by atoms with Crippen molar-refractivity contribution in [2.75, 3.05) is 13.7 Å². The molecule has 27 heavy (non-hydrogen) atoms. The summed E-state index contributed by atoms with van der Waals surface area (Å²) in [6.07, 6.45) is 0.626. The van der Waals surface area contributed by atoms with Crippen molar-refractivity contribution in [1.82, 2.24) is 5.32 Å². The molecule has 0 atom stereocenters. The van der Waals surface area contributed by atoms with Crippen molar-refractivity contribution in [3.63, 3.8) is 0 Å². The van der Waals surface area contributed by atoms with Crippen LogP contribution >= 0.6 is 0 Å². The van der Waals surface area contributed by atoms with Gasteiger partial charge in [-0.3, -0.25) is 0 Å². The Morgan fingerprint density at radius 3 is 2.33 bits per heavy atom. The summed E-state index contributed by atoms with van der Waals surface area (Å²) in [5.41, 5.74) is -0.236. The maximum absolute atomic E-state index is 11.4. The van der Waals surface area contributed by atoms with Gasteiger partial charge in [-0.15, -0.1) is 0 Å². The van der Waals surface area contributed by atoms with Crippen molar-refractivity contribution < 1.29 is 56.9 Å². The standard InChI is InChI=1S/C15H21N3O4.CH4O.Mo.2O/c1-15(2,3)22-14(21)16-9-8-13(20)18-17-10-11-6-4-5-7-12(11)19;1-2;;;/h4-7,10,19H,8-9H2,1-3H3,(H,16,21)(H,18,20);2H,1H3;;;/q;;;2*-2/p-2/b17-10+;;;;.